The highest BCUT2D eigenvalue weighted by Gasteiger charge is 2.43. The van der Waals surface area contributed by atoms with Crippen LogP contribution in [0.25, 0.3) is 0 Å². The van der Waals surface area contributed by atoms with Crippen LogP contribution in [0.1, 0.15) is 44.4 Å². The molecule has 9 heteroatoms. The first kappa shape index (κ1) is 23.9. The van der Waals surface area contributed by atoms with Crippen molar-refractivity contribution in [2.45, 2.75) is 50.2 Å². The van der Waals surface area contributed by atoms with Gasteiger partial charge in [0.1, 0.15) is 4.21 Å². The van der Waals surface area contributed by atoms with Gasteiger partial charge in [-0.1, -0.05) is 20.3 Å². The van der Waals surface area contributed by atoms with Gasteiger partial charge in [0, 0.05) is 44.6 Å². The molecule has 0 bridgehead atoms. The molecule has 2 heterocycles. The van der Waals surface area contributed by atoms with Gasteiger partial charge < -0.3 is 10.2 Å². The van der Waals surface area contributed by atoms with Crippen LogP contribution >= 0.6 is 35.3 Å². The molecule has 0 aromatic carbocycles. The molecule has 1 spiro atoms. The second kappa shape index (κ2) is 10.1. The Hall–Kier alpha value is -0.390. The van der Waals surface area contributed by atoms with Gasteiger partial charge >= 0.3 is 0 Å². The van der Waals surface area contributed by atoms with E-state index >= 15 is 0 Å². The molecule has 1 aliphatic carbocycles. The molecule has 1 saturated heterocycles. The summed E-state index contributed by atoms with van der Waals surface area (Å²) in [5.74, 6) is 0.978. The van der Waals surface area contributed by atoms with Gasteiger partial charge in [-0.15, -0.1) is 35.3 Å². The first-order chi connectivity index (χ1) is 12.9. The van der Waals surface area contributed by atoms with E-state index in [2.05, 4.69) is 15.2 Å². The molecule has 6 nitrogen and oxygen atoms in total. The summed E-state index contributed by atoms with van der Waals surface area (Å²) in [6, 6.07) is 3.67. The fourth-order valence-corrected chi connectivity index (χ4v) is 7.12. The Morgan fingerprint density at radius 2 is 2.00 bits per heavy atom. The van der Waals surface area contributed by atoms with Crippen LogP contribution in [0.2, 0.25) is 0 Å². The minimum atomic E-state index is -3.35. The molecule has 0 radical (unpaired) electrons. The highest BCUT2D eigenvalue weighted by atomic mass is 127. The first-order valence-corrected chi connectivity index (χ1v) is 12.2. The lowest BCUT2D eigenvalue weighted by Gasteiger charge is -2.38. The van der Waals surface area contributed by atoms with E-state index in [9.17, 15) is 8.42 Å². The highest BCUT2D eigenvalue weighted by molar-refractivity contribution is 14.0. The molecule has 2 fully saturated rings. The van der Waals surface area contributed by atoms with E-state index < -0.39 is 10.0 Å². The van der Waals surface area contributed by atoms with Crippen LogP contribution in [-0.4, -0.2) is 63.4 Å². The number of hydrogen-bond donors (Lipinski definition) is 1. The Labute approximate surface area is 190 Å². The summed E-state index contributed by atoms with van der Waals surface area (Å²) >= 11 is 1.38. The number of guanidine groups is 1. The fourth-order valence-electron chi connectivity index (χ4n) is 4.15. The zero-order valence-electron chi connectivity index (χ0n) is 17.1. The summed E-state index contributed by atoms with van der Waals surface area (Å²) in [7, 11) is -1.51. The summed E-state index contributed by atoms with van der Waals surface area (Å²) < 4.78 is 27.1. The maximum absolute atomic E-state index is 12.6. The molecule has 1 aliphatic heterocycles. The smallest absolute Gasteiger partial charge is 0.252 e. The largest absolute Gasteiger partial charge is 0.356 e. The van der Waals surface area contributed by atoms with Crippen molar-refractivity contribution in [1.29, 1.82) is 0 Å². The van der Waals surface area contributed by atoms with Crippen molar-refractivity contribution in [2.24, 2.45) is 10.4 Å². The van der Waals surface area contributed by atoms with E-state index in [0.717, 1.165) is 36.9 Å². The Bertz CT molecular complexity index is 771. The van der Waals surface area contributed by atoms with E-state index in [1.807, 2.05) is 27.0 Å². The normalized spacial score (nSPS) is 19.0. The van der Waals surface area contributed by atoms with Crippen molar-refractivity contribution in [2.75, 3.05) is 39.8 Å². The summed E-state index contributed by atoms with van der Waals surface area (Å²) in [6.07, 6.45) is 6.18. The third-order valence-electron chi connectivity index (χ3n) is 5.95. The summed E-state index contributed by atoms with van der Waals surface area (Å²) in [6.45, 7) is 7.72. The monoisotopic (exact) mass is 540 g/mol. The molecule has 160 valence electrons. The molecule has 28 heavy (non-hydrogen) atoms. The average Bonchev–Trinajstić information content (AvgIpc) is 3.27. The van der Waals surface area contributed by atoms with E-state index in [-0.39, 0.29) is 24.0 Å². The van der Waals surface area contributed by atoms with Crippen LogP contribution in [0.5, 0.6) is 0 Å². The van der Waals surface area contributed by atoms with Gasteiger partial charge in [-0.25, -0.2) is 8.42 Å². The minimum absolute atomic E-state index is 0. The van der Waals surface area contributed by atoms with Crippen LogP contribution in [-0.2, 0) is 16.4 Å². The first-order valence-electron chi connectivity index (χ1n) is 9.98. The maximum atomic E-state index is 12.6. The third kappa shape index (κ3) is 5.02. The molecule has 1 aromatic heterocycles. The molecule has 2 aliphatic rings. The second-order valence-corrected chi connectivity index (χ2v) is 10.9. The van der Waals surface area contributed by atoms with Crippen molar-refractivity contribution in [3.63, 3.8) is 0 Å². The number of thiophene rings is 1. The van der Waals surface area contributed by atoms with E-state index in [1.54, 1.807) is 6.07 Å². The van der Waals surface area contributed by atoms with Crippen LogP contribution in [0, 0.1) is 5.41 Å². The number of hydrogen-bond acceptors (Lipinski definition) is 4. The van der Waals surface area contributed by atoms with Gasteiger partial charge in [-0.3, -0.25) is 4.99 Å². The Balaban J connectivity index is 0.00000280. The van der Waals surface area contributed by atoms with Crippen LogP contribution < -0.4 is 5.32 Å². The molecule has 3 rings (SSSR count). The molecular formula is C19H33IN4O2S2. The zero-order valence-corrected chi connectivity index (χ0v) is 21.1. The topological polar surface area (TPSA) is 65.0 Å². The predicted octanol–water partition coefficient (Wildman–Crippen LogP) is 3.39. The van der Waals surface area contributed by atoms with Crippen molar-refractivity contribution in [1.82, 2.24) is 14.5 Å². The van der Waals surface area contributed by atoms with Crippen molar-refractivity contribution in [3.05, 3.63) is 17.0 Å². The minimum Gasteiger partial charge on any atom is -0.356 e. The van der Waals surface area contributed by atoms with Gasteiger partial charge in [0.2, 0.25) is 0 Å². The molecule has 1 saturated carbocycles. The zero-order chi connectivity index (χ0) is 19.5. The number of nitrogens with zero attached hydrogens (tertiary/aromatic N) is 3. The number of sulfonamides is 1. The molecule has 0 atom stereocenters. The Morgan fingerprint density at radius 1 is 1.29 bits per heavy atom. The van der Waals surface area contributed by atoms with E-state index in [0.29, 0.717) is 22.7 Å². The third-order valence-corrected chi connectivity index (χ3v) is 9.62. The molecule has 0 unspecified atom stereocenters. The van der Waals surface area contributed by atoms with Gasteiger partial charge in [0.15, 0.2) is 5.96 Å². The van der Waals surface area contributed by atoms with Crippen molar-refractivity contribution >= 4 is 51.3 Å². The Kier molecular flexibility index (Phi) is 8.60. The number of likely N-dealkylation sites (tertiary alicyclic amines) is 1. The standard InChI is InChI=1S/C19H32N4O2S2.HI/c1-4-23(5-2)27(24,25)17-8-7-16(26-17)9-13-21-18(20-3)22-14-12-19(15-22)10-6-11-19;/h7-8H,4-6,9-15H2,1-3H3,(H,20,21);1H. The van der Waals surface area contributed by atoms with Gasteiger partial charge in [-0.05, 0) is 43.2 Å². The molecule has 1 aromatic rings. The summed E-state index contributed by atoms with van der Waals surface area (Å²) in [5.41, 5.74) is 0.555. The van der Waals surface area contributed by atoms with E-state index in [4.69, 9.17) is 0 Å². The molecule has 0 amide bonds. The maximum Gasteiger partial charge on any atom is 0.252 e. The van der Waals surface area contributed by atoms with Crippen molar-refractivity contribution < 1.29 is 8.42 Å². The number of halogens is 1. The lowest BCUT2D eigenvalue weighted by Crippen LogP contribution is -2.43. The van der Waals surface area contributed by atoms with Gasteiger partial charge in [0.25, 0.3) is 10.0 Å². The lowest BCUT2D eigenvalue weighted by atomic mass is 9.68. The van der Waals surface area contributed by atoms with Crippen LogP contribution in [0.3, 0.4) is 0 Å². The summed E-state index contributed by atoms with van der Waals surface area (Å²) in [4.78, 5) is 7.91. The Morgan fingerprint density at radius 3 is 2.54 bits per heavy atom. The van der Waals surface area contributed by atoms with Gasteiger partial charge in [-0.2, -0.15) is 4.31 Å². The average molecular weight is 541 g/mol. The summed E-state index contributed by atoms with van der Waals surface area (Å²) in [5, 5.41) is 3.46. The highest BCUT2D eigenvalue weighted by Crippen LogP contribution is 2.47. The van der Waals surface area contributed by atoms with Crippen LogP contribution in [0.4, 0.5) is 0 Å². The number of aliphatic imine (C=N–C) groups is 1. The van der Waals surface area contributed by atoms with Gasteiger partial charge in [0.05, 0.1) is 0 Å². The van der Waals surface area contributed by atoms with Crippen molar-refractivity contribution in [3.8, 4) is 0 Å². The fraction of sp³-hybridized carbons (Fsp3) is 0.737. The lowest BCUT2D eigenvalue weighted by molar-refractivity contribution is 0.151. The SMILES string of the molecule is CCN(CC)S(=O)(=O)c1ccc(CCNC(=NC)N2CCC3(CCC3)C2)s1.I. The predicted molar refractivity (Wildman–Crippen MR) is 127 cm³/mol. The molecule has 1 N–H and O–H groups in total. The number of rotatable bonds is 7. The van der Waals surface area contributed by atoms with E-state index in [1.165, 1.54) is 41.3 Å². The molecular weight excluding hydrogens is 507 g/mol. The number of nitrogens with one attached hydrogen (secondary N) is 1. The second-order valence-electron chi connectivity index (χ2n) is 7.56. The quantitative estimate of drug-likeness (QED) is 0.327. The van der Waals surface area contributed by atoms with Crippen LogP contribution in [0.15, 0.2) is 21.3 Å².